The van der Waals surface area contributed by atoms with Gasteiger partial charge in [0.25, 0.3) is 5.69 Å². The van der Waals surface area contributed by atoms with Gasteiger partial charge in [0.2, 0.25) is 0 Å². The summed E-state index contributed by atoms with van der Waals surface area (Å²) in [6.07, 6.45) is 0. The van der Waals surface area contributed by atoms with E-state index >= 15 is 0 Å². The van der Waals surface area contributed by atoms with Gasteiger partial charge >= 0.3 is 0 Å². The number of non-ortho nitro benzene ring substituents is 1. The average Bonchev–Trinajstić information content (AvgIpc) is 2.66. The summed E-state index contributed by atoms with van der Waals surface area (Å²) in [5.41, 5.74) is 3.69. The molecule has 0 unspecified atom stereocenters. The van der Waals surface area contributed by atoms with Crippen molar-refractivity contribution in [3.05, 3.63) is 76.0 Å². The van der Waals surface area contributed by atoms with E-state index in [9.17, 15) is 10.1 Å². The van der Waals surface area contributed by atoms with Crippen molar-refractivity contribution < 1.29 is 4.92 Å². The maximum Gasteiger partial charge on any atom is 0.270 e. The van der Waals surface area contributed by atoms with Crippen molar-refractivity contribution in [3.63, 3.8) is 0 Å². The Labute approximate surface area is 157 Å². The van der Waals surface area contributed by atoms with Gasteiger partial charge in [0, 0.05) is 55.8 Å². The van der Waals surface area contributed by atoms with Crippen LogP contribution in [-0.4, -0.2) is 29.0 Å². The molecule has 0 spiro atoms. The third kappa shape index (κ3) is 4.58. The molecule has 0 saturated heterocycles. The summed E-state index contributed by atoms with van der Waals surface area (Å²) in [6.45, 7) is 2.49. The highest BCUT2D eigenvalue weighted by Crippen LogP contribution is 2.23. The minimum atomic E-state index is -0.420. The molecule has 3 aromatic rings. The van der Waals surface area contributed by atoms with Crippen molar-refractivity contribution in [1.82, 2.24) is 9.97 Å². The molecule has 7 heteroatoms. The quantitative estimate of drug-likeness (QED) is 0.526. The summed E-state index contributed by atoms with van der Waals surface area (Å²) >= 11 is 0. The van der Waals surface area contributed by atoms with Crippen molar-refractivity contribution >= 4 is 17.2 Å². The number of aryl methyl sites for hydroxylation is 1. The first-order valence-electron chi connectivity index (χ1n) is 8.53. The van der Waals surface area contributed by atoms with Gasteiger partial charge in [-0.1, -0.05) is 24.3 Å². The third-order valence-corrected chi connectivity index (χ3v) is 4.07. The fraction of sp³-hybridized carbons (Fsp3) is 0.200. The van der Waals surface area contributed by atoms with Crippen LogP contribution in [0.5, 0.6) is 0 Å². The Morgan fingerprint density at radius 1 is 1.07 bits per heavy atom. The molecule has 0 amide bonds. The summed E-state index contributed by atoms with van der Waals surface area (Å²) < 4.78 is 0. The number of nitrogens with one attached hydrogen (secondary N) is 1. The zero-order valence-electron chi connectivity index (χ0n) is 15.5. The lowest BCUT2D eigenvalue weighted by Crippen LogP contribution is -2.09. The van der Waals surface area contributed by atoms with Gasteiger partial charge in [0.1, 0.15) is 5.82 Å². The molecule has 1 N–H and O–H groups in total. The number of nitrogens with zero attached hydrogens (tertiary/aromatic N) is 4. The summed E-state index contributed by atoms with van der Waals surface area (Å²) in [5.74, 6) is 1.14. The van der Waals surface area contributed by atoms with E-state index in [2.05, 4.69) is 38.4 Å². The molecule has 27 heavy (non-hydrogen) atoms. The lowest BCUT2D eigenvalue weighted by molar-refractivity contribution is -0.384. The van der Waals surface area contributed by atoms with Gasteiger partial charge < -0.3 is 10.2 Å². The Balaban J connectivity index is 1.83. The minimum Gasteiger partial charge on any atom is -0.378 e. The van der Waals surface area contributed by atoms with Gasteiger partial charge in [0.05, 0.1) is 4.92 Å². The lowest BCUT2D eigenvalue weighted by atomic mass is 10.2. The van der Waals surface area contributed by atoms with Crippen molar-refractivity contribution in [2.75, 3.05) is 24.3 Å². The molecule has 0 atom stereocenters. The second-order valence-corrected chi connectivity index (χ2v) is 6.44. The lowest BCUT2D eigenvalue weighted by Gasteiger charge is -2.14. The molecule has 0 aliphatic rings. The fourth-order valence-corrected chi connectivity index (χ4v) is 2.68. The zero-order chi connectivity index (χ0) is 19.4. The van der Waals surface area contributed by atoms with Crippen molar-refractivity contribution in [2.45, 2.75) is 13.5 Å². The number of nitro benzene ring substituents is 1. The Kier molecular flexibility index (Phi) is 5.30. The Morgan fingerprint density at radius 3 is 2.59 bits per heavy atom. The van der Waals surface area contributed by atoms with Gasteiger partial charge in [-0.05, 0) is 24.6 Å². The molecule has 1 heterocycles. The number of nitro groups is 1. The summed E-state index contributed by atoms with van der Waals surface area (Å²) in [7, 11) is 4.01. The zero-order valence-corrected chi connectivity index (χ0v) is 15.5. The van der Waals surface area contributed by atoms with E-state index in [0.717, 1.165) is 16.9 Å². The van der Waals surface area contributed by atoms with Crippen LogP contribution in [-0.2, 0) is 6.54 Å². The van der Waals surface area contributed by atoms with Crippen LogP contribution in [0.15, 0.2) is 54.6 Å². The second kappa shape index (κ2) is 7.82. The van der Waals surface area contributed by atoms with E-state index in [1.807, 2.05) is 33.2 Å². The topological polar surface area (TPSA) is 84.2 Å². The molecule has 7 nitrogen and oxygen atoms in total. The molecule has 0 saturated carbocycles. The highest BCUT2D eigenvalue weighted by molar-refractivity contribution is 5.61. The number of hydrogen-bond donors (Lipinski definition) is 1. The van der Waals surface area contributed by atoms with Crippen LogP contribution in [0.4, 0.5) is 17.2 Å². The molecule has 0 bridgehead atoms. The van der Waals surface area contributed by atoms with E-state index in [0.29, 0.717) is 23.8 Å². The van der Waals surface area contributed by atoms with Crippen molar-refractivity contribution in [1.29, 1.82) is 0 Å². The first kappa shape index (κ1) is 18.3. The SMILES string of the molecule is Cc1cc(NCc2cccc(N(C)C)c2)nc(-c2cccc([N+](=O)[O-])c2)n1. The van der Waals surface area contributed by atoms with Gasteiger partial charge in [-0.2, -0.15) is 0 Å². The Hall–Kier alpha value is -3.48. The van der Waals surface area contributed by atoms with Gasteiger partial charge in [-0.25, -0.2) is 9.97 Å². The number of benzene rings is 2. The normalized spacial score (nSPS) is 10.5. The molecule has 0 fully saturated rings. The summed E-state index contributed by atoms with van der Waals surface area (Å²) in [6, 6.07) is 16.4. The second-order valence-electron chi connectivity index (χ2n) is 6.44. The maximum absolute atomic E-state index is 11.0. The molecule has 0 radical (unpaired) electrons. The average molecular weight is 363 g/mol. The number of anilines is 2. The highest BCUT2D eigenvalue weighted by atomic mass is 16.6. The minimum absolute atomic E-state index is 0.0209. The summed E-state index contributed by atoms with van der Waals surface area (Å²) in [5, 5.41) is 14.3. The Morgan fingerprint density at radius 2 is 1.85 bits per heavy atom. The summed E-state index contributed by atoms with van der Waals surface area (Å²) in [4.78, 5) is 21.6. The largest absolute Gasteiger partial charge is 0.378 e. The van der Waals surface area contributed by atoms with E-state index in [4.69, 9.17) is 0 Å². The number of rotatable bonds is 6. The van der Waals surface area contributed by atoms with Gasteiger partial charge in [-0.15, -0.1) is 0 Å². The van der Waals surface area contributed by atoms with Crippen LogP contribution in [0, 0.1) is 17.0 Å². The van der Waals surface area contributed by atoms with E-state index < -0.39 is 4.92 Å². The van der Waals surface area contributed by atoms with E-state index in [1.54, 1.807) is 12.1 Å². The molecule has 138 valence electrons. The third-order valence-electron chi connectivity index (χ3n) is 4.07. The van der Waals surface area contributed by atoms with Crippen molar-refractivity contribution in [3.8, 4) is 11.4 Å². The molecule has 1 aromatic heterocycles. The van der Waals surface area contributed by atoms with E-state index in [-0.39, 0.29) is 5.69 Å². The molecule has 0 aliphatic carbocycles. The van der Waals surface area contributed by atoms with Crippen LogP contribution in [0.2, 0.25) is 0 Å². The monoisotopic (exact) mass is 363 g/mol. The predicted molar refractivity (Wildman–Crippen MR) is 107 cm³/mol. The van der Waals surface area contributed by atoms with Crippen LogP contribution in [0.3, 0.4) is 0 Å². The van der Waals surface area contributed by atoms with Crippen LogP contribution >= 0.6 is 0 Å². The molecule has 3 rings (SSSR count). The molecular weight excluding hydrogens is 342 g/mol. The predicted octanol–water partition coefficient (Wildman–Crippen LogP) is 4.04. The first-order chi connectivity index (χ1) is 12.9. The van der Waals surface area contributed by atoms with Gasteiger partial charge in [0.15, 0.2) is 5.82 Å². The molecular formula is C20H21N5O2. The fourth-order valence-electron chi connectivity index (χ4n) is 2.68. The standard InChI is InChI=1S/C20H21N5O2/c1-14-10-19(21-13-15-6-4-8-17(11-15)24(2)3)23-20(22-14)16-7-5-9-18(12-16)25(26)27/h4-12H,13H2,1-3H3,(H,21,22,23). The highest BCUT2D eigenvalue weighted by Gasteiger charge is 2.10. The smallest absolute Gasteiger partial charge is 0.270 e. The number of aromatic nitrogens is 2. The van der Waals surface area contributed by atoms with Crippen molar-refractivity contribution in [2.24, 2.45) is 0 Å². The van der Waals surface area contributed by atoms with E-state index in [1.165, 1.54) is 12.1 Å². The van der Waals surface area contributed by atoms with Crippen LogP contribution in [0.1, 0.15) is 11.3 Å². The molecule has 0 aliphatic heterocycles. The van der Waals surface area contributed by atoms with Crippen LogP contribution < -0.4 is 10.2 Å². The first-order valence-corrected chi connectivity index (χ1v) is 8.53. The molecule has 2 aromatic carbocycles. The number of hydrogen-bond acceptors (Lipinski definition) is 6. The van der Waals surface area contributed by atoms with Gasteiger partial charge in [-0.3, -0.25) is 10.1 Å². The Bertz CT molecular complexity index is 972. The maximum atomic E-state index is 11.0. The van der Waals surface area contributed by atoms with Crippen LogP contribution in [0.25, 0.3) is 11.4 Å².